The fraction of sp³-hybridized carbons (Fsp3) is 0.389. The Balaban J connectivity index is 2.10. The predicted molar refractivity (Wildman–Crippen MR) is 91.9 cm³/mol. The van der Waals surface area contributed by atoms with Crippen molar-refractivity contribution in [3.05, 3.63) is 57.5 Å². The quantitative estimate of drug-likeness (QED) is 0.721. The molecular weight excluding hydrogens is 368 g/mol. The summed E-state index contributed by atoms with van der Waals surface area (Å²) in [5.74, 6) is -1.57. The summed E-state index contributed by atoms with van der Waals surface area (Å²) in [4.78, 5) is -1.85. The van der Waals surface area contributed by atoms with E-state index in [1.54, 1.807) is 6.08 Å². The van der Waals surface area contributed by atoms with Crippen molar-refractivity contribution in [2.24, 2.45) is 0 Å². The van der Waals surface area contributed by atoms with Crippen molar-refractivity contribution in [2.75, 3.05) is 6.26 Å². The first-order chi connectivity index (χ1) is 11.7. The third-order valence-electron chi connectivity index (χ3n) is 4.78. The van der Waals surface area contributed by atoms with E-state index in [2.05, 4.69) is 0 Å². The number of halogens is 3. The molecule has 0 saturated heterocycles. The van der Waals surface area contributed by atoms with Crippen LogP contribution in [0.2, 0.25) is 0 Å². The monoisotopic (exact) mass is 383 g/mol. The zero-order valence-electron chi connectivity index (χ0n) is 13.5. The second kappa shape index (κ2) is 6.22. The number of allylic oxidation sites excluding steroid dienone is 4. The molecule has 3 nitrogen and oxygen atoms in total. The number of nitriles is 1. The Morgan fingerprint density at radius 2 is 2.04 bits per heavy atom. The van der Waals surface area contributed by atoms with Crippen molar-refractivity contribution >= 4 is 21.4 Å². The average molecular weight is 384 g/mol. The van der Waals surface area contributed by atoms with E-state index >= 15 is 0 Å². The Labute approximate surface area is 150 Å². The Kier molecular flexibility index (Phi) is 4.50. The smallest absolute Gasteiger partial charge is 0.174 e. The summed E-state index contributed by atoms with van der Waals surface area (Å²) in [5, 5.41) is 9.45. The highest BCUT2D eigenvalue weighted by Crippen LogP contribution is 2.46. The molecule has 2 atom stereocenters. The average Bonchev–Trinajstić information content (AvgIpc) is 2.52. The molecule has 0 amide bonds. The van der Waals surface area contributed by atoms with Gasteiger partial charge in [-0.15, -0.1) is 0 Å². The summed E-state index contributed by atoms with van der Waals surface area (Å²) < 4.78 is 51.7. The number of sulfone groups is 1. The molecule has 1 aromatic carbocycles. The number of hydrogen-bond acceptors (Lipinski definition) is 3. The van der Waals surface area contributed by atoms with Crippen LogP contribution in [-0.4, -0.2) is 19.5 Å². The van der Waals surface area contributed by atoms with Gasteiger partial charge in [0, 0.05) is 24.7 Å². The Morgan fingerprint density at radius 1 is 1.32 bits per heavy atom. The molecule has 1 aromatic rings. The van der Waals surface area contributed by atoms with Gasteiger partial charge in [0.2, 0.25) is 0 Å². The van der Waals surface area contributed by atoms with Crippen LogP contribution in [0.4, 0.5) is 8.78 Å². The number of hydrogen-bond donors (Lipinski definition) is 0. The molecule has 2 unspecified atom stereocenters. The highest BCUT2D eigenvalue weighted by molar-refractivity contribution is 7.94. The SMILES string of the molecule is CS(=O)(=O)C1=CC=C(C2CCCc3cc(F)cc(F)c32)CC1(Cl)C#N. The van der Waals surface area contributed by atoms with E-state index in [0.717, 1.165) is 18.7 Å². The standard InChI is InChI=1S/C18H16ClF2NO2S/c1-25(23,24)16-6-5-12(9-18(16,19)10-22)14-4-2-3-11-7-13(20)8-15(21)17(11)14/h5-8,14H,2-4,9H2,1H3. The lowest BCUT2D eigenvalue weighted by Crippen LogP contribution is -2.31. The molecule has 0 spiro atoms. The van der Waals surface area contributed by atoms with E-state index in [1.165, 1.54) is 12.1 Å². The van der Waals surface area contributed by atoms with Crippen molar-refractivity contribution in [3.8, 4) is 6.07 Å². The minimum absolute atomic E-state index is 0.00905. The summed E-state index contributed by atoms with van der Waals surface area (Å²) in [6.45, 7) is 0. The topological polar surface area (TPSA) is 57.9 Å². The van der Waals surface area contributed by atoms with Crippen molar-refractivity contribution in [3.63, 3.8) is 0 Å². The van der Waals surface area contributed by atoms with Gasteiger partial charge in [-0.2, -0.15) is 5.26 Å². The molecule has 0 fully saturated rings. The Bertz CT molecular complexity index is 947. The van der Waals surface area contributed by atoms with Gasteiger partial charge in [-0.3, -0.25) is 0 Å². The summed E-state index contributed by atoms with van der Waals surface area (Å²) in [6.07, 6.45) is 5.92. The molecule has 0 aliphatic heterocycles. The molecule has 25 heavy (non-hydrogen) atoms. The number of rotatable bonds is 2. The lowest BCUT2D eigenvalue weighted by Gasteiger charge is -2.33. The molecule has 0 radical (unpaired) electrons. The van der Waals surface area contributed by atoms with Crippen LogP contribution in [0.5, 0.6) is 0 Å². The summed E-state index contributed by atoms with van der Waals surface area (Å²) >= 11 is 6.31. The van der Waals surface area contributed by atoms with Gasteiger partial charge in [0.25, 0.3) is 0 Å². The third kappa shape index (κ3) is 3.23. The Hall–Kier alpha value is -1.71. The van der Waals surface area contributed by atoms with Crippen LogP contribution >= 0.6 is 11.6 Å². The van der Waals surface area contributed by atoms with Crippen LogP contribution in [0, 0.1) is 23.0 Å². The van der Waals surface area contributed by atoms with Crippen molar-refractivity contribution in [1.82, 2.24) is 0 Å². The molecule has 2 aliphatic rings. The van der Waals surface area contributed by atoms with E-state index in [0.29, 0.717) is 29.5 Å². The van der Waals surface area contributed by atoms with Gasteiger partial charge in [-0.05, 0) is 42.5 Å². The largest absolute Gasteiger partial charge is 0.224 e. The van der Waals surface area contributed by atoms with Crippen LogP contribution in [0.25, 0.3) is 0 Å². The molecule has 132 valence electrons. The first kappa shape index (κ1) is 18.1. The van der Waals surface area contributed by atoms with Gasteiger partial charge in [0.05, 0.1) is 11.0 Å². The van der Waals surface area contributed by atoms with Crippen LogP contribution in [-0.2, 0) is 16.3 Å². The van der Waals surface area contributed by atoms with Crippen molar-refractivity contribution < 1.29 is 17.2 Å². The molecule has 3 rings (SSSR count). The molecule has 0 heterocycles. The van der Waals surface area contributed by atoms with Crippen molar-refractivity contribution in [1.29, 1.82) is 5.26 Å². The first-order valence-corrected chi connectivity index (χ1v) is 10.1. The molecule has 2 aliphatic carbocycles. The molecule has 0 aromatic heterocycles. The highest BCUT2D eigenvalue weighted by Gasteiger charge is 2.42. The van der Waals surface area contributed by atoms with Crippen LogP contribution < -0.4 is 0 Å². The highest BCUT2D eigenvalue weighted by atomic mass is 35.5. The normalized spacial score (nSPS) is 26.3. The van der Waals surface area contributed by atoms with E-state index in [9.17, 15) is 22.5 Å². The maximum Gasteiger partial charge on any atom is 0.174 e. The van der Waals surface area contributed by atoms with E-state index in [-0.39, 0.29) is 17.2 Å². The second-order valence-corrected chi connectivity index (χ2v) is 9.17. The maximum atomic E-state index is 14.4. The zero-order chi connectivity index (χ0) is 18.4. The fourth-order valence-electron chi connectivity index (χ4n) is 3.74. The number of fused-ring (bicyclic) bond motifs is 1. The van der Waals surface area contributed by atoms with Gasteiger partial charge in [-0.25, -0.2) is 17.2 Å². The molecular formula is C18H16ClF2NO2S. The van der Waals surface area contributed by atoms with Gasteiger partial charge in [0.1, 0.15) is 11.6 Å². The lowest BCUT2D eigenvalue weighted by molar-refractivity contribution is 0.513. The number of aryl methyl sites for hydroxylation is 1. The van der Waals surface area contributed by atoms with E-state index < -0.39 is 26.3 Å². The van der Waals surface area contributed by atoms with E-state index in [1.807, 2.05) is 6.07 Å². The number of nitrogens with zero attached hydrogens (tertiary/aromatic N) is 1. The molecule has 7 heteroatoms. The summed E-state index contributed by atoms with van der Waals surface area (Å²) in [5.41, 5.74) is 1.73. The summed E-state index contributed by atoms with van der Waals surface area (Å²) in [6, 6.07) is 4.07. The van der Waals surface area contributed by atoms with Crippen molar-refractivity contribution in [2.45, 2.75) is 36.5 Å². The lowest BCUT2D eigenvalue weighted by atomic mass is 9.74. The van der Waals surface area contributed by atoms with Crippen LogP contribution in [0.15, 0.2) is 34.8 Å². The van der Waals surface area contributed by atoms with Gasteiger partial charge >= 0.3 is 0 Å². The van der Waals surface area contributed by atoms with Crippen LogP contribution in [0.1, 0.15) is 36.3 Å². The fourth-order valence-corrected chi connectivity index (χ4v) is 5.40. The van der Waals surface area contributed by atoms with Crippen LogP contribution in [0.3, 0.4) is 0 Å². The molecule has 0 bridgehead atoms. The maximum absolute atomic E-state index is 14.4. The van der Waals surface area contributed by atoms with Gasteiger partial charge in [0.15, 0.2) is 14.7 Å². The molecule has 0 saturated carbocycles. The minimum atomic E-state index is -3.64. The predicted octanol–water partition coefficient (Wildman–Crippen LogP) is 4.14. The third-order valence-corrected chi connectivity index (χ3v) is 6.60. The second-order valence-electron chi connectivity index (χ2n) is 6.54. The Morgan fingerprint density at radius 3 is 2.68 bits per heavy atom. The first-order valence-electron chi connectivity index (χ1n) is 7.85. The van der Waals surface area contributed by atoms with Gasteiger partial charge in [-0.1, -0.05) is 23.3 Å². The number of alkyl halides is 1. The zero-order valence-corrected chi connectivity index (χ0v) is 15.1. The van der Waals surface area contributed by atoms with Gasteiger partial charge < -0.3 is 0 Å². The number of benzene rings is 1. The summed E-state index contributed by atoms with van der Waals surface area (Å²) in [7, 11) is -3.64. The van der Waals surface area contributed by atoms with E-state index in [4.69, 9.17) is 11.6 Å². The minimum Gasteiger partial charge on any atom is -0.224 e. The molecule has 0 N–H and O–H groups in total.